The second-order valence-electron chi connectivity index (χ2n) is 6.08. The fourth-order valence-electron chi connectivity index (χ4n) is 2.86. The van der Waals surface area contributed by atoms with Crippen molar-refractivity contribution in [2.45, 2.75) is 30.8 Å². The summed E-state index contributed by atoms with van der Waals surface area (Å²) in [7, 11) is -3.55. The Hall–Kier alpha value is -1.40. The Balaban J connectivity index is 1.59. The predicted octanol–water partition coefficient (Wildman–Crippen LogP) is 3.41. The lowest BCUT2D eigenvalue weighted by molar-refractivity contribution is 0.331. The van der Waals surface area contributed by atoms with Gasteiger partial charge in [-0.1, -0.05) is 41.9 Å². The van der Waals surface area contributed by atoms with Gasteiger partial charge in [-0.2, -0.15) is 0 Å². The van der Waals surface area contributed by atoms with E-state index in [0.717, 1.165) is 12.1 Å². The summed E-state index contributed by atoms with van der Waals surface area (Å²) >= 11 is 5.86. The van der Waals surface area contributed by atoms with Crippen molar-refractivity contribution in [2.24, 2.45) is 0 Å². The molecule has 0 unspecified atom stereocenters. The molecule has 24 heavy (non-hydrogen) atoms. The number of sulfonamides is 1. The van der Waals surface area contributed by atoms with Crippen LogP contribution in [0.1, 0.15) is 24.0 Å². The van der Waals surface area contributed by atoms with E-state index in [4.69, 9.17) is 11.6 Å². The standard InChI is InChI=1S/C18H21ClN2O2S/c19-17-4-3-5-18(12-17)24(22,23)20-13-15-6-8-16(9-7-15)14-21-10-1-2-11-21/h3-9,12,20H,1-2,10-11,13-14H2. The maximum absolute atomic E-state index is 12.3. The zero-order chi connectivity index (χ0) is 17.0. The van der Waals surface area contributed by atoms with Crippen LogP contribution in [-0.4, -0.2) is 26.4 Å². The molecule has 4 nitrogen and oxygen atoms in total. The number of nitrogens with zero attached hydrogens (tertiary/aromatic N) is 1. The van der Waals surface area contributed by atoms with Gasteiger partial charge in [-0.3, -0.25) is 4.90 Å². The van der Waals surface area contributed by atoms with Gasteiger partial charge in [-0.05, 0) is 55.3 Å². The van der Waals surface area contributed by atoms with Gasteiger partial charge in [0.15, 0.2) is 0 Å². The van der Waals surface area contributed by atoms with E-state index in [1.54, 1.807) is 12.1 Å². The zero-order valence-corrected chi connectivity index (χ0v) is 15.0. The lowest BCUT2D eigenvalue weighted by atomic mass is 10.1. The third-order valence-electron chi connectivity index (χ3n) is 4.20. The van der Waals surface area contributed by atoms with E-state index in [9.17, 15) is 8.42 Å². The monoisotopic (exact) mass is 364 g/mol. The Labute approximate surface area is 148 Å². The molecule has 0 aliphatic carbocycles. The first-order valence-corrected chi connectivity index (χ1v) is 9.94. The normalized spacial score (nSPS) is 15.7. The average Bonchev–Trinajstić information content (AvgIpc) is 3.07. The predicted molar refractivity (Wildman–Crippen MR) is 96.4 cm³/mol. The number of benzene rings is 2. The van der Waals surface area contributed by atoms with Gasteiger partial charge in [0.1, 0.15) is 0 Å². The molecule has 2 aromatic rings. The summed E-state index contributed by atoms with van der Waals surface area (Å²) in [6.45, 7) is 3.57. The molecule has 0 spiro atoms. The zero-order valence-electron chi connectivity index (χ0n) is 13.4. The largest absolute Gasteiger partial charge is 0.299 e. The summed E-state index contributed by atoms with van der Waals surface area (Å²) in [6.07, 6.45) is 2.56. The molecule has 0 atom stereocenters. The van der Waals surface area contributed by atoms with Crippen molar-refractivity contribution in [2.75, 3.05) is 13.1 Å². The van der Waals surface area contributed by atoms with E-state index < -0.39 is 10.0 Å². The van der Waals surface area contributed by atoms with Crippen LogP contribution in [0.5, 0.6) is 0 Å². The summed E-state index contributed by atoms with van der Waals surface area (Å²) in [5.41, 5.74) is 2.20. The molecule has 0 saturated carbocycles. The Bertz CT molecular complexity index is 785. The number of rotatable bonds is 6. The highest BCUT2D eigenvalue weighted by Gasteiger charge is 2.14. The average molecular weight is 365 g/mol. The van der Waals surface area contributed by atoms with Crippen LogP contribution in [0.3, 0.4) is 0 Å². The maximum Gasteiger partial charge on any atom is 0.240 e. The van der Waals surface area contributed by atoms with E-state index in [1.807, 2.05) is 12.1 Å². The first kappa shape index (κ1) is 17.4. The molecule has 0 bridgehead atoms. The third-order valence-corrected chi connectivity index (χ3v) is 5.83. The molecular formula is C18H21ClN2O2S. The van der Waals surface area contributed by atoms with E-state index in [2.05, 4.69) is 21.8 Å². The molecule has 2 aromatic carbocycles. The Morgan fingerprint density at radius 3 is 2.33 bits per heavy atom. The molecule has 0 aromatic heterocycles. The minimum absolute atomic E-state index is 0.181. The molecule has 0 amide bonds. The molecule has 1 N–H and O–H groups in total. The number of hydrogen-bond donors (Lipinski definition) is 1. The van der Waals surface area contributed by atoms with Gasteiger partial charge in [0.25, 0.3) is 0 Å². The molecule has 1 saturated heterocycles. The van der Waals surface area contributed by atoms with Crippen LogP contribution < -0.4 is 4.72 Å². The van der Waals surface area contributed by atoms with E-state index in [-0.39, 0.29) is 11.4 Å². The van der Waals surface area contributed by atoms with E-state index >= 15 is 0 Å². The number of nitrogens with one attached hydrogen (secondary N) is 1. The van der Waals surface area contributed by atoms with Crippen molar-refractivity contribution >= 4 is 21.6 Å². The van der Waals surface area contributed by atoms with Crippen molar-refractivity contribution in [1.29, 1.82) is 0 Å². The SMILES string of the molecule is O=S(=O)(NCc1ccc(CN2CCCC2)cc1)c1cccc(Cl)c1. The van der Waals surface area contributed by atoms with Gasteiger partial charge in [-0.15, -0.1) is 0 Å². The third kappa shape index (κ3) is 4.57. The summed E-state index contributed by atoms with van der Waals surface area (Å²) in [4.78, 5) is 2.62. The highest BCUT2D eigenvalue weighted by molar-refractivity contribution is 7.89. The van der Waals surface area contributed by atoms with Crippen LogP contribution in [0.15, 0.2) is 53.4 Å². The lowest BCUT2D eigenvalue weighted by Crippen LogP contribution is -2.23. The second kappa shape index (κ2) is 7.66. The van der Waals surface area contributed by atoms with Gasteiger partial charge in [-0.25, -0.2) is 13.1 Å². The Morgan fingerprint density at radius 2 is 1.67 bits per heavy atom. The van der Waals surface area contributed by atoms with Gasteiger partial charge in [0, 0.05) is 18.1 Å². The van der Waals surface area contributed by atoms with Gasteiger partial charge in [0.05, 0.1) is 4.90 Å². The second-order valence-corrected chi connectivity index (χ2v) is 8.29. The van der Waals surface area contributed by atoms with Gasteiger partial charge in [0.2, 0.25) is 10.0 Å². The first-order chi connectivity index (χ1) is 11.5. The summed E-state index contributed by atoms with van der Waals surface area (Å²) < 4.78 is 27.2. The number of halogens is 1. The highest BCUT2D eigenvalue weighted by atomic mass is 35.5. The van der Waals surface area contributed by atoms with Gasteiger partial charge < -0.3 is 0 Å². The van der Waals surface area contributed by atoms with E-state index in [0.29, 0.717) is 5.02 Å². The molecular weight excluding hydrogens is 344 g/mol. The fraction of sp³-hybridized carbons (Fsp3) is 0.333. The molecule has 3 rings (SSSR count). The Kier molecular flexibility index (Phi) is 5.56. The lowest BCUT2D eigenvalue weighted by Gasteiger charge is -2.14. The van der Waals surface area contributed by atoms with Crippen LogP contribution >= 0.6 is 11.6 Å². The fourth-order valence-corrected chi connectivity index (χ4v) is 4.18. The smallest absolute Gasteiger partial charge is 0.240 e. The summed E-state index contributed by atoms with van der Waals surface area (Å²) in [5, 5.41) is 0.407. The van der Waals surface area contributed by atoms with Crippen LogP contribution in [0, 0.1) is 0 Å². The topological polar surface area (TPSA) is 49.4 Å². The van der Waals surface area contributed by atoms with Gasteiger partial charge >= 0.3 is 0 Å². The number of hydrogen-bond acceptors (Lipinski definition) is 3. The Morgan fingerprint density at radius 1 is 1.00 bits per heavy atom. The van der Waals surface area contributed by atoms with Crippen LogP contribution in [0.2, 0.25) is 5.02 Å². The van der Waals surface area contributed by atoms with Crippen LogP contribution in [0.4, 0.5) is 0 Å². The summed E-state index contributed by atoms with van der Waals surface area (Å²) in [5.74, 6) is 0. The number of likely N-dealkylation sites (tertiary alicyclic amines) is 1. The molecule has 0 radical (unpaired) electrons. The minimum Gasteiger partial charge on any atom is -0.299 e. The molecule has 1 aliphatic heterocycles. The van der Waals surface area contributed by atoms with E-state index in [1.165, 1.54) is 43.6 Å². The molecule has 128 valence electrons. The van der Waals surface area contributed by atoms with Crippen molar-refractivity contribution in [1.82, 2.24) is 9.62 Å². The minimum atomic E-state index is -3.55. The van der Waals surface area contributed by atoms with Crippen LogP contribution in [0.25, 0.3) is 0 Å². The van der Waals surface area contributed by atoms with Crippen LogP contribution in [-0.2, 0) is 23.1 Å². The van der Waals surface area contributed by atoms with Crippen molar-refractivity contribution in [3.63, 3.8) is 0 Å². The summed E-state index contributed by atoms with van der Waals surface area (Å²) in [6, 6.07) is 14.4. The maximum atomic E-state index is 12.3. The molecule has 1 fully saturated rings. The first-order valence-electron chi connectivity index (χ1n) is 8.08. The molecule has 1 heterocycles. The molecule has 1 aliphatic rings. The molecule has 6 heteroatoms. The highest BCUT2D eigenvalue weighted by Crippen LogP contribution is 2.16. The van der Waals surface area contributed by atoms with Crippen molar-refractivity contribution in [3.05, 3.63) is 64.7 Å². The van der Waals surface area contributed by atoms with Crippen molar-refractivity contribution < 1.29 is 8.42 Å². The van der Waals surface area contributed by atoms with Crippen molar-refractivity contribution in [3.8, 4) is 0 Å². The quantitative estimate of drug-likeness (QED) is 0.854.